The van der Waals surface area contributed by atoms with E-state index in [-0.39, 0.29) is 0 Å². The number of nitrogens with zero attached hydrogens (tertiary/aromatic N) is 2. The fourth-order valence-electron chi connectivity index (χ4n) is 3.86. The van der Waals surface area contributed by atoms with Crippen LogP contribution in [0, 0.1) is 6.92 Å². The van der Waals surface area contributed by atoms with E-state index in [0.29, 0.717) is 0 Å². The van der Waals surface area contributed by atoms with Gasteiger partial charge in [-0.05, 0) is 46.2 Å². The van der Waals surface area contributed by atoms with Crippen molar-refractivity contribution < 1.29 is 4.68 Å². The Morgan fingerprint density at radius 1 is 0.692 bits per heavy atom. The summed E-state index contributed by atoms with van der Waals surface area (Å²) in [4.78, 5) is 0. The van der Waals surface area contributed by atoms with E-state index in [1.54, 1.807) is 0 Å². The molecule has 0 aliphatic rings. The summed E-state index contributed by atoms with van der Waals surface area (Å²) >= 11 is 0. The summed E-state index contributed by atoms with van der Waals surface area (Å²) in [5.74, 6) is 0. The molecule has 0 aliphatic carbocycles. The average molecular weight is 335 g/mol. The Morgan fingerprint density at radius 2 is 1.38 bits per heavy atom. The van der Waals surface area contributed by atoms with Gasteiger partial charge in [-0.1, -0.05) is 65.3 Å². The van der Waals surface area contributed by atoms with E-state index < -0.39 is 0 Å². The van der Waals surface area contributed by atoms with Gasteiger partial charge >= 0.3 is 0 Å². The van der Waals surface area contributed by atoms with E-state index in [0.717, 1.165) is 11.2 Å². The van der Waals surface area contributed by atoms with Crippen molar-refractivity contribution in [2.24, 2.45) is 7.05 Å². The largest absolute Gasteiger partial charge is 0.240 e. The van der Waals surface area contributed by atoms with Crippen molar-refractivity contribution in [2.75, 3.05) is 0 Å². The number of benzene rings is 4. The van der Waals surface area contributed by atoms with Crippen LogP contribution in [0.1, 0.15) is 5.56 Å². The Labute approximate surface area is 152 Å². The van der Waals surface area contributed by atoms with E-state index in [4.69, 9.17) is 5.10 Å². The molecule has 124 valence electrons. The lowest BCUT2D eigenvalue weighted by molar-refractivity contribution is -0.717. The van der Waals surface area contributed by atoms with Crippen LogP contribution in [0.4, 0.5) is 0 Å². The summed E-state index contributed by atoms with van der Waals surface area (Å²) in [5.41, 5.74) is 4.68. The number of fused-ring (bicyclic) bond motifs is 3. The maximum absolute atomic E-state index is 4.87. The monoisotopic (exact) mass is 335 g/mol. The van der Waals surface area contributed by atoms with Crippen molar-refractivity contribution in [3.8, 4) is 11.3 Å². The van der Waals surface area contributed by atoms with Crippen LogP contribution in [0.3, 0.4) is 0 Å². The summed E-state index contributed by atoms with van der Waals surface area (Å²) in [6.45, 7) is 2.17. The quantitative estimate of drug-likeness (QED) is 0.298. The minimum absolute atomic E-state index is 1.02. The van der Waals surface area contributed by atoms with Gasteiger partial charge in [0.15, 0.2) is 7.05 Å². The second-order valence-electron chi connectivity index (χ2n) is 6.89. The first-order valence-electron chi connectivity index (χ1n) is 8.89. The molecule has 26 heavy (non-hydrogen) atoms. The Kier molecular flexibility index (Phi) is 3.26. The topological polar surface area (TPSA) is 16.8 Å². The van der Waals surface area contributed by atoms with Gasteiger partial charge in [-0.15, -0.1) is 0 Å². The van der Waals surface area contributed by atoms with Crippen molar-refractivity contribution in [3.63, 3.8) is 0 Å². The molecule has 0 bridgehead atoms. The molecule has 0 N–H and O–H groups in total. The van der Waals surface area contributed by atoms with Gasteiger partial charge in [0.05, 0.1) is 5.56 Å². The third-order valence-electron chi connectivity index (χ3n) is 5.19. The molecule has 0 atom stereocenters. The zero-order valence-electron chi connectivity index (χ0n) is 14.9. The third kappa shape index (κ3) is 2.26. The molecule has 0 saturated heterocycles. The number of rotatable bonds is 1. The SMILES string of the molecule is Cc1ccc2ccccc2c1-c1cc2cc3ccccc3cc2n[n+]1C. The summed E-state index contributed by atoms with van der Waals surface area (Å²) in [6.07, 6.45) is 0. The van der Waals surface area contributed by atoms with Gasteiger partial charge in [0.2, 0.25) is 5.69 Å². The van der Waals surface area contributed by atoms with Crippen molar-refractivity contribution >= 4 is 32.4 Å². The van der Waals surface area contributed by atoms with Gasteiger partial charge in [-0.2, -0.15) is 0 Å². The zero-order valence-corrected chi connectivity index (χ0v) is 14.9. The fourth-order valence-corrected chi connectivity index (χ4v) is 3.86. The van der Waals surface area contributed by atoms with Crippen LogP contribution >= 0.6 is 0 Å². The summed E-state index contributed by atoms with van der Waals surface area (Å²) in [5, 5.41) is 11.0. The van der Waals surface area contributed by atoms with Gasteiger partial charge in [-0.25, -0.2) is 0 Å². The minimum Gasteiger partial charge on any atom is -0.0858 e. The highest BCUT2D eigenvalue weighted by atomic mass is 15.2. The van der Waals surface area contributed by atoms with Crippen molar-refractivity contribution in [1.82, 2.24) is 5.10 Å². The molecule has 0 radical (unpaired) electrons. The fraction of sp³-hybridized carbons (Fsp3) is 0.0833. The van der Waals surface area contributed by atoms with Crippen LogP contribution in [0.2, 0.25) is 0 Å². The molecule has 5 aromatic rings. The molecule has 5 rings (SSSR count). The molecule has 4 aromatic carbocycles. The molecule has 0 fully saturated rings. The van der Waals surface area contributed by atoms with Crippen LogP contribution in [0.5, 0.6) is 0 Å². The number of aryl methyl sites for hydroxylation is 2. The van der Waals surface area contributed by atoms with Crippen LogP contribution in [-0.2, 0) is 7.05 Å². The molecule has 0 aliphatic heterocycles. The van der Waals surface area contributed by atoms with Crippen LogP contribution in [0.25, 0.3) is 43.7 Å². The molecular formula is C24H19N2+. The van der Waals surface area contributed by atoms with Gasteiger partial charge in [0.25, 0.3) is 0 Å². The molecular weight excluding hydrogens is 316 g/mol. The third-order valence-corrected chi connectivity index (χ3v) is 5.19. The maximum Gasteiger partial charge on any atom is 0.240 e. The van der Waals surface area contributed by atoms with E-state index in [9.17, 15) is 0 Å². The van der Waals surface area contributed by atoms with E-state index in [1.807, 2.05) is 11.7 Å². The van der Waals surface area contributed by atoms with Crippen molar-refractivity contribution in [3.05, 3.63) is 84.4 Å². The van der Waals surface area contributed by atoms with Crippen molar-refractivity contribution in [1.29, 1.82) is 0 Å². The van der Waals surface area contributed by atoms with E-state index in [2.05, 4.69) is 85.8 Å². The maximum atomic E-state index is 4.87. The van der Waals surface area contributed by atoms with E-state index >= 15 is 0 Å². The predicted molar refractivity (Wildman–Crippen MR) is 108 cm³/mol. The second kappa shape index (κ2) is 5.63. The van der Waals surface area contributed by atoms with Gasteiger partial charge in [-0.3, -0.25) is 0 Å². The van der Waals surface area contributed by atoms with Crippen LogP contribution in [0.15, 0.2) is 78.9 Å². The minimum atomic E-state index is 1.02. The normalized spacial score (nSPS) is 11.5. The molecule has 0 amide bonds. The predicted octanol–water partition coefficient (Wildman–Crippen LogP) is 5.34. The Balaban J connectivity index is 1.86. The standard InChI is InChI=1S/C24H19N2/c1-16-11-12-17-7-5-6-10-21(17)24(16)23-15-20-13-18-8-3-4-9-19(18)14-22(20)25-26(23)2/h3-15H,1-2H3/q+1. The lowest BCUT2D eigenvalue weighted by Crippen LogP contribution is -2.35. The van der Waals surface area contributed by atoms with Crippen molar-refractivity contribution in [2.45, 2.75) is 6.92 Å². The Hall–Kier alpha value is -3.26. The molecule has 2 nitrogen and oxygen atoms in total. The van der Waals surface area contributed by atoms with Gasteiger partial charge in [0.1, 0.15) is 5.52 Å². The van der Waals surface area contributed by atoms with Gasteiger partial charge < -0.3 is 0 Å². The van der Waals surface area contributed by atoms with E-state index in [1.165, 1.54) is 38.1 Å². The number of hydrogen-bond acceptors (Lipinski definition) is 1. The van der Waals surface area contributed by atoms with Crippen LogP contribution < -0.4 is 4.68 Å². The van der Waals surface area contributed by atoms with Gasteiger partial charge in [0, 0.05) is 16.6 Å². The highest BCUT2D eigenvalue weighted by Crippen LogP contribution is 2.31. The summed E-state index contributed by atoms with van der Waals surface area (Å²) in [6, 6.07) is 28.1. The smallest absolute Gasteiger partial charge is 0.0858 e. The molecule has 1 heterocycles. The lowest BCUT2D eigenvalue weighted by atomic mass is 9.96. The molecule has 1 aromatic heterocycles. The van der Waals surface area contributed by atoms with Crippen LogP contribution in [-0.4, -0.2) is 5.10 Å². The highest BCUT2D eigenvalue weighted by molar-refractivity contribution is 6.00. The Morgan fingerprint density at radius 3 is 2.19 bits per heavy atom. The summed E-state index contributed by atoms with van der Waals surface area (Å²) in [7, 11) is 2.03. The first kappa shape index (κ1) is 15.0. The average Bonchev–Trinajstić information content (AvgIpc) is 2.66. The number of hydrogen-bond donors (Lipinski definition) is 0. The molecule has 0 unspecified atom stereocenters. The first-order valence-corrected chi connectivity index (χ1v) is 8.89. The molecule has 0 spiro atoms. The summed E-state index contributed by atoms with van der Waals surface area (Å²) < 4.78 is 2.01. The molecule has 0 saturated carbocycles. The second-order valence-corrected chi connectivity index (χ2v) is 6.89. The first-order chi connectivity index (χ1) is 12.7. The highest BCUT2D eigenvalue weighted by Gasteiger charge is 2.18. The number of aromatic nitrogens is 2. The Bertz CT molecular complexity index is 1300. The zero-order chi connectivity index (χ0) is 17.7. The lowest BCUT2D eigenvalue weighted by Gasteiger charge is -2.09. The molecule has 2 heteroatoms.